The van der Waals surface area contributed by atoms with Gasteiger partial charge in [-0.2, -0.15) is 0 Å². The third-order valence-corrected chi connectivity index (χ3v) is 3.15. The Hall–Kier alpha value is -1.49. The smallest absolute Gasteiger partial charge is 0.257 e. The number of carbonyl (C=O) groups excluding carboxylic acids is 1. The fourth-order valence-electron chi connectivity index (χ4n) is 1.75. The Kier molecular flexibility index (Phi) is 7.80. The minimum absolute atomic E-state index is 0.315. The molecule has 1 aromatic rings. The summed E-state index contributed by atoms with van der Waals surface area (Å²) in [6.45, 7) is 2.94. The van der Waals surface area contributed by atoms with E-state index < -0.39 is 0 Å². The number of hydrogen-bond donors (Lipinski definition) is 2. The number of halogens is 1. The van der Waals surface area contributed by atoms with Crippen LogP contribution in [-0.2, 0) is 0 Å². The maximum Gasteiger partial charge on any atom is 0.257 e. The molecule has 1 amide bonds. The molecule has 0 fully saturated rings. The molecule has 3 nitrogen and oxygen atoms in total. The van der Waals surface area contributed by atoms with Crippen molar-refractivity contribution in [3.8, 4) is 0 Å². The van der Waals surface area contributed by atoms with Gasteiger partial charge in [-0.3, -0.25) is 10.1 Å². The first-order valence-electron chi connectivity index (χ1n) is 6.98. The number of hydrogen-bond acceptors (Lipinski definition) is 2. The first kappa shape index (κ1) is 16.6. The van der Waals surface area contributed by atoms with Crippen LogP contribution < -0.4 is 10.6 Å². The normalized spacial score (nSPS) is 10.1. The number of rotatable bonds is 7. The number of benzene rings is 1. The summed E-state index contributed by atoms with van der Waals surface area (Å²) in [5.74, 6) is -0.692. The summed E-state index contributed by atoms with van der Waals surface area (Å²) in [6.07, 6.45) is 5.90. The molecule has 0 saturated heterocycles. The van der Waals surface area contributed by atoms with Crippen LogP contribution >= 0.6 is 12.2 Å². The van der Waals surface area contributed by atoms with E-state index in [1.54, 1.807) is 0 Å². The van der Waals surface area contributed by atoms with Gasteiger partial charge in [0.05, 0.1) is 0 Å². The molecule has 0 atom stereocenters. The zero-order valence-corrected chi connectivity index (χ0v) is 12.6. The topological polar surface area (TPSA) is 41.1 Å². The Bertz CT molecular complexity index is 434. The van der Waals surface area contributed by atoms with E-state index in [0.717, 1.165) is 19.4 Å². The molecular weight excluding hydrogens is 275 g/mol. The Morgan fingerprint density at radius 3 is 2.45 bits per heavy atom. The van der Waals surface area contributed by atoms with Crippen LogP contribution in [0.15, 0.2) is 24.3 Å². The molecule has 2 N–H and O–H groups in total. The van der Waals surface area contributed by atoms with E-state index in [-0.39, 0.29) is 11.7 Å². The fraction of sp³-hybridized carbons (Fsp3) is 0.467. The molecule has 110 valence electrons. The van der Waals surface area contributed by atoms with Crippen molar-refractivity contribution in [2.45, 2.75) is 39.0 Å². The van der Waals surface area contributed by atoms with Gasteiger partial charge in [-0.1, -0.05) is 32.6 Å². The van der Waals surface area contributed by atoms with E-state index in [1.165, 1.54) is 43.5 Å². The second-order valence-electron chi connectivity index (χ2n) is 4.63. The molecule has 0 spiro atoms. The second-order valence-corrected chi connectivity index (χ2v) is 5.04. The molecule has 0 radical (unpaired) electrons. The maximum atomic E-state index is 12.7. The van der Waals surface area contributed by atoms with Gasteiger partial charge in [0.25, 0.3) is 5.91 Å². The van der Waals surface area contributed by atoms with Crippen LogP contribution in [0.4, 0.5) is 4.39 Å². The molecule has 0 saturated carbocycles. The van der Waals surface area contributed by atoms with Gasteiger partial charge in [-0.05, 0) is 42.9 Å². The Balaban J connectivity index is 2.21. The average Bonchev–Trinajstić information content (AvgIpc) is 2.43. The molecule has 0 aliphatic heterocycles. The van der Waals surface area contributed by atoms with Crippen molar-refractivity contribution in [2.24, 2.45) is 0 Å². The monoisotopic (exact) mass is 296 g/mol. The summed E-state index contributed by atoms with van der Waals surface area (Å²) in [5.41, 5.74) is 0.387. The van der Waals surface area contributed by atoms with E-state index >= 15 is 0 Å². The van der Waals surface area contributed by atoms with Crippen LogP contribution in [0.3, 0.4) is 0 Å². The highest BCUT2D eigenvalue weighted by atomic mass is 32.1. The highest BCUT2D eigenvalue weighted by molar-refractivity contribution is 7.80. The molecule has 0 heterocycles. The van der Waals surface area contributed by atoms with Gasteiger partial charge in [0.2, 0.25) is 0 Å². The van der Waals surface area contributed by atoms with Crippen LogP contribution in [0, 0.1) is 5.82 Å². The predicted molar refractivity (Wildman–Crippen MR) is 83.2 cm³/mol. The van der Waals surface area contributed by atoms with Gasteiger partial charge in [-0.15, -0.1) is 0 Å². The van der Waals surface area contributed by atoms with E-state index in [4.69, 9.17) is 12.2 Å². The number of carbonyl (C=O) groups is 1. The quantitative estimate of drug-likeness (QED) is 0.598. The lowest BCUT2D eigenvalue weighted by Gasteiger charge is -2.09. The lowest BCUT2D eigenvalue weighted by molar-refractivity contribution is 0.0976. The lowest BCUT2D eigenvalue weighted by atomic mass is 10.1. The molecule has 0 aliphatic rings. The molecular formula is C15H21FN2OS. The number of nitrogens with one attached hydrogen (secondary N) is 2. The van der Waals surface area contributed by atoms with Crippen LogP contribution in [0.1, 0.15) is 49.4 Å². The zero-order valence-electron chi connectivity index (χ0n) is 11.7. The third-order valence-electron chi connectivity index (χ3n) is 2.90. The van der Waals surface area contributed by atoms with Crippen molar-refractivity contribution in [2.75, 3.05) is 6.54 Å². The van der Waals surface area contributed by atoms with Crippen molar-refractivity contribution in [3.63, 3.8) is 0 Å². The SMILES string of the molecule is CCCCCCCNC(=S)NC(=O)c1ccc(F)cc1. The summed E-state index contributed by atoms with van der Waals surface area (Å²) in [5, 5.41) is 5.89. The Morgan fingerprint density at radius 2 is 1.80 bits per heavy atom. The number of unbranched alkanes of at least 4 members (excludes halogenated alkanes) is 4. The molecule has 0 aromatic heterocycles. The largest absolute Gasteiger partial charge is 0.362 e. The number of amides is 1. The lowest BCUT2D eigenvalue weighted by Crippen LogP contribution is -2.39. The summed E-state index contributed by atoms with van der Waals surface area (Å²) in [6, 6.07) is 5.36. The second kappa shape index (κ2) is 9.42. The minimum Gasteiger partial charge on any atom is -0.362 e. The molecule has 0 aliphatic carbocycles. The standard InChI is InChI=1S/C15H21FN2OS/c1-2-3-4-5-6-11-17-15(20)18-14(19)12-7-9-13(16)10-8-12/h7-10H,2-6,11H2,1H3,(H2,17,18,19,20). The first-order valence-corrected chi connectivity index (χ1v) is 7.39. The van der Waals surface area contributed by atoms with Crippen LogP contribution in [0.5, 0.6) is 0 Å². The van der Waals surface area contributed by atoms with Crippen molar-refractivity contribution < 1.29 is 9.18 Å². The molecule has 1 rings (SSSR count). The van der Waals surface area contributed by atoms with Crippen LogP contribution in [0.2, 0.25) is 0 Å². The minimum atomic E-state index is -0.366. The summed E-state index contributed by atoms with van der Waals surface area (Å²) in [7, 11) is 0. The molecule has 20 heavy (non-hydrogen) atoms. The van der Waals surface area contributed by atoms with Crippen molar-refractivity contribution in [1.82, 2.24) is 10.6 Å². The first-order chi connectivity index (χ1) is 9.63. The maximum absolute atomic E-state index is 12.7. The number of thiocarbonyl (C=S) groups is 1. The third kappa shape index (κ3) is 6.61. The van der Waals surface area contributed by atoms with E-state index in [0.29, 0.717) is 10.7 Å². The Labute approximate surface area is 125 Å². The average molecular weight is 296 g/mol. The van der Waals surface area contributed by atoms with Gasteiger partial charge < -0.3 is 5.32 Å². The van der Waals surface area contributed by atoms with Crippen molar-refractivity contribution in [1.29, 1.82) is 0 Å². The van der Waals surface area contributed by atoms with Crippen LogP contribution in [0.25, 0.3) is 0 Å². The van der Waals surface area contributed by atoms with Crippen molar-refractivity contribution >= 4 is 23.2 Å². The molecule has 0 unspecified atom stereocenters. The molecule has 1 aromatic carbocycles. The highest BCUT2D eigenvalue weighted by Gasteiger charge is 2.07. The van der Waals surface area contributed by atoms with E-state index in [9.17, 15) is 9.18 Å². The fourth-order valence-corrected chi connectivity index (χ4v) is 1.95. The predicted octanol–water partition coefficient (Wildman–Crippen LogP) is 3.40. The van der Waals surface area contributed by atoms with Crippen molar-refractivity contribution in [3.05, 3.63) is 35.6 Å². The van der Waals surface area contributed by atoms with Gasteiger partial charge in [-0.25, -0.2) is 4.39 Å². The van der Waals surface area contributed by atoms with E-state index in [2.05, 4.69) is 17.6 Å². The summed E-state index contributed by atoms with van der Waals surface area (Å²) in [4.78, 5) is 11.8. The van der Waals surface area contributed by atoms with Crippen LogP contribution in [-0.4, -0.2) is 17.6 Å². The van der Waals surface area contributed by atoms with Gasteiger partial charge in [0.15, 0.2) is 5.11 Å². The summed E-state index contributed by atoms with van der Waals surface area (Å²) < 4.78 is 12.7. The van der Waals surface area contributed by atoms with E-state index in [1.807, 2.05) is 0 Å². The van der Waals surface area contributed by atoms with Gasteiger partial charge in [0, 0.05) is 12.1 Å². The summed E-state index contributed by atoms with van der Waals surface area (Å²) >= 11 is 5.04. The van der Waals surface area contributed by atoms with Gasteiger partial charge >= 0.3 is 0 Å². The Morgan fingerprint density at radius 1 is 1.15 bits per heavy atom. The van der Waals surface area contributed by atoms with Gasteiger partial charge in [0.1, 0.15) is 5.82 Å². The molecule has 0 bridgehead atoms. The zero-order chi connectivity index (χ0) is 14.8. The highest BCUT2D eigenvalue weighted by Crippen LogP contribution is 2.03. The molecule has 5 heteroatoms.